The molecule has 104 valence electrons. The maximum Gasteiger partial charge on any atom is 0.255 e. The van der Waals surface area contributed by atoms with Crippen LogP contribution in [0.3, 0.4) is 0 Å². The summed E-state index contributed by atoms with van der Waals surface area (Å²) in [6, 6.07) is 16.6. The molecule has 0 saturated heterocycles. The van der Waals surface area contributed by atoms with Crippen molar-refractivity contribution in [2.75, 3.05) is 0 Å². The van der Waals surface area contributed by atoms with E-state index >= 15 is 0 Å². The number of hydrogen-bond donors (Lipinski definition) is 1. The summed E-state index contributed by atoms with van der Waals surface area (Å²) in [4.78, 5) is 12.4. The molecule has 0 radical (unpaired) electrons. The van der Waals surface area contributed by atoms with Gasteiger partial charge in [0.05, 0.1) is 5.39 Å². The minimum atomic E-state index is 0.0205. The predicted octanol–water partition coefficient (Wildman–Crippen LogP) is 3.32. The van der Waals surface area contributed by atoms with Gasteiger partial charge in [0.15, 0.2) is 11.9 Å². The van der Waals surface area contributed by atoms with Crippen molar-refractivity contribution in [2.45, 2.75) is 6.54 Å². The first kappa shape index (κ1) is 14.0. The molecule has 1 heterocycles. The van der Waals surface area contributed by atoms with Crippen LogP contribution in [0.15, 0.2) is 60.8 Å². The fraction of sp³-hybridized carbons (Fsp3) is 0.0588. The predicted molar refractivity (Wildman–Crippen MR) is 89.3 cm³/mol. The minimum Gasteiger partial charge on any atom is -0.502 e. The number of nitrogens with zero attached hydrogens (tertiary/aromatic N) is 1. The number of pyridine rings is 1. The highest BCUT2D eigenvalue weighted by Crippen LogP contribution is 2.20. The van der Waals surface area contributed by atoms with Crippen LogP contribution >= 0.6 is 22.6 Å². The number of aromatic hydroxyl groups is 1. The highest BCUT2D eigenvalue weighted by atomic mass is 127. The maximum atomic E-state index is 12.4. The number of rotatable bonds is 3. The largest absolute Gasteiger partial charge is 0.502 e. The molecular weight excluding hydrogens is 377 g/mol. The van der Waals surface area contributed by atoms with Crippen LogP contribution in [-0.4, -0.2) is 10.9 Å². The number of fused-ring (bicyclic) bond motifs is 1. The monoisotopic (exact) mass is 390 g/mol. The van der Waals surface area contributed by atoms with Crippen LogP contribution in [0.1, 0.15) is 10.4 Å². The molecule has 0 aliphatic heterocycles. The smallest absolute Gasteiger partial charge is 0.255 e. The third-order valence-corrected chi connectivity index (χ3v) is 4.07. The molecule has 0 aliphatic carbocycles. The lowest BCUT2D eigenvalue weighted by atomic mass is 10.1. The van der Waals surface area contributed by atoms with Gasteiger partial charge >= 0.3 is 0 Å². The van der Waals surface area contributed by atoms with Gasteiger partial charge in [-0.3, -0.25) is 4.79 Å². The summed E-state index contributed by atoms with van der Waals surface area (Å²) in [5.41, 5.74) is 1.36. The third kappa shape index (κ3) is 2.90. The third-order valence-electron chi connectivity index (χ3n) is 3.36. The molecule has 3 aromatic rings. The van der Waals surface area contributed by atoms with Gasteiger partial charge in [0.25, 0.3) is 5.52 Å². The zero-order valence-electron chi connectivity index (χ0n) is 11.2. The highest BCUT2D eigenvalue weighted by molar-refractivity contribution is 14.1. The molecule has 0 aliphatic rings. The number of ketones is 1. The van der Waals surface area contributed by atoms with Crippen molar-refractivity contribution in [2.24, 2.45) is 0 Å². The number of carbonyl (C=O) groups excluding carboxylic acids is 1. The van der Waals surface area contributed by atoms with Crippen molar-refractivity contribution in [1.82, 2.24) is 0 Å². The summed E-state index contributed by atoms with van der Waals surface area (Å²) in [7, 11) is 0. The lowest BCUT2D eigenvalue weighted by molar-refractivity contribution is -0.657. The number of hydrogen-bond acceptors (Lipinski definition) is 2. The van der Waals surface area contributed by atoms with Crippen molar-refractivity contribution >= 4 is 39.3 Å². The lowest BCUT2D eigenvalue weighted by Gasteiger charge is -2.03. The molecule has 3 nitrogen and oxygen atoms in total. The molecule has 0 saturated carbocycles. The number of aromatic nitrogens is 1. The minimum absolute atomic E-state index is 0.0205. The average molecular weight is 390 g/mol. The second-order valence-electron chi connectivity index (χ2n) is 4.78. The van der Waals surface area contributed by atoms with Crippen LogP contribution in [0.5, 0.6) is 5.75 Å². The number of carbonyl (C=O) groups is 1. The van der Waals surface area contributed by atoms with E-state index in [9.17, 15) is 9.90 Å². The summed E-state index contributed by atoms with van der Waals surface area (Å²) in [5.74, 6) is 0.204. The summed E-state index contributed by atoms with van der Waals surface area (Å²) in [6.07, 6.45) is 1.81. The van der Waals surface area contributed by atoms with Crippen molar-refractivity contribution < 1.29 is 14.5 Å². The second kappa shape index (κ2) is 5.81. The van der Waals surface area contributed by atoms with Crippen molar-refractivity contribution in [3.8, 4) is 5.75 Å². The second-order valence-corrected chi connectivity index (χ2v) is 6.03. The molecule has 1 aromatic heterocycles. The molecular formula is C17H13INO2+. The van der Waals surface area contributed by atoms with E-state index in [1.165, 1.54) is 0 Å². The number of phenolic OH excluding ortho intramolecular Hbond substituents is 1. The topological polar surface area (TPSA) is 41.2 Å². The molecule has 0 fully saturated rings. The number of para-hydroxylation sites is 1. The van der Waals surface area contributed by atoms with Crippen LogP contribution in [-0.2, 0) is 6.54 Å². The summed E-state index contributed by atoms with van der Waals surface area (Å²) in [6.45, 7) is 0.204. The first-order valence-corrected chi connectivity index (χ1v) is 7.62. The SMILES string of the molecule is O=C(C[n+]1cccc2cccc(O)c21)c1ccc(I)cc1. The Labute approximate surface area is 136 Å². The molecule has 0 atom stereocenters. The van der Waals surface area contributed by atoms with Gasteiger partial charge in [0, 0.05) is 15.2 Å². The zero-order valence-corrected chi connectivity index (χ0v) is 13.3. The van der Waals surface area contributed by atoms with Gasteiger partial charge in [0.1, 0.15) is 0 Å². The fourth-order valence-corrected chi connectivity index (χ4v) is 2.69. The standard InChI is InChI=1S/C17H12INO2/c18-14-8-6-12(7-9-14)16(21)11-19-10-2-4-13-3-1-5-15(20)17(13)19/h1-10H,11H2/p+1. The van der Waals surface area contributed by atoms with E-state index in [0.29, 0.717) is 11.1 Å². The first-order chi connectivity index (χ1) is 10.1. The Balaban J connectivity index is 1.98. The average Bonchev–Trinajstić information content (AvgIpc) is 2.48. The van der Waals surface area contributed by atoms with Crippen LogP contribution in [0.25, 0.3) is 10.9 Å². The van der Waals surface area contributed by atoms with Crippen molar-refractivity contribution in [3.05, 3.63) is 69.9 Å². The quantitative estimate of drug-likeness (QED) is 0.424. The molecule has 21 heavy (non-hydrogen) atoms. The molecule has 1 N–H and O–H groups in total. The van der Waals surface area contributed by atoms with E-state index in [1.807, 2.05) is 48.7 Å². The van der Waals surface area contributed by atoms with Crippen molar-refractivity contribution in [1.29, 1.82) is 0 Å². The number of benzene rings is 2. The first-order valence-electron chi connectivity index (χ1n) is 6.54. The van der Waals surface area contributed by atoms with E-state index in [1.54, 1.807) is 16.7 Å². The zero-order chi connectivity index (χ0) is 14.8. The van der Waals surface area contributed by atoms with Crippen LogP contribution in [0, 0.1) is 3.57 Å². The Bertz CT molecular complexity index is 807. The normalized spacial score (nSPS) is 10.7. The highest BCUT2D eigenvalue weighted by Gasteiger charge is 2.17. The van der Waals surface area contributed by atoms with Gasteiger partial charge in [-0.2, -0.15) is 4.57 Å². The van der Waals surface area contributed by atoms with Gasteiger partial charge < -0.3 is 5.11 Å². The van der Waals surface area contributed by atoms with E-state index in [0.717, 1.165) is 8.96 Å². The lowest BCUT2D eigenvalue weighted by Crippen LogP contribution is -2.38. The van der Waals surface area contributed by atoms with Gasteiger partial charge in [-0.1, -0.05) is 18.2 Å². The number of Topliss-reactive ketones (excluding diaryl/α,β-unsaturated/α-hetero) is 1. The summed E-state index contributed by atoms with van der Waals surface area (Å²) < 4.78 is 2.88. The molecule has 4 heteroatoms. The van der Waals surface area contributed by atoms with Gasteiger partial charge in [-0.25, -0.2) is 0 Å². The Morgan fingerprint density at radius 2 is 1.76 bits per heavy atom. The fourth-order valence-electron chi connectivity index (χ4n) is 2.33. The van der Waals surface area contributed by atoms with Crippen LogP contribution in [0.2, 0.25) is 0 Å². The van der Waals surface area contributed by atoms with Gasteiger partial charge in [-0.05, 0) is 52.9 Å². The van der Waals surface area contributed by atoms with Gasteiger partial charge in [-0.15, -0.1) is 0 Å². The van der Waals surface area contributed by atoms with E-state index in [4.69, 9.17) is 0 Å². The Hall–Kier alpha value is -1.95. The van der Waals surface area contributed by atoms with Crippen molar-refractivity contribution in [3.63, 3.8) is 0 Å². The molecule has 0 unspecified atom stereocenters. The van der Waals surface area contributed by atoms with Gasteiger partial charge in [0.2, 0.25) is 12.3 Å². The molecule has 0 amide bonds. The number of halogens is 1. The molecule has 0 spiro atoms. The molecule has 3 rings (SSSR count). The maximum absolute atomic E-state index is 12.4. The van der Waals surface area contributed by atoms with Crippen LogP contribution in [0.4, 0.5) is 0 Å². The van der Waals surface area contributed by atoms with E-state index in [-0.39, 0.29) is 18.1 Å². The van der Waals surface area contributed by atoms with E-state index < -0.39 is 0 Å². The summed E-state index contributed by atoms with van der Waals surface area (Å²) in [5, 5.41) is 10.9. The molecule has 2 aromatic carbocycles. The Morgan fingerprint density at radius 1 is 1.05 bits per heavy atom. The van der Waals surface area contributed by atoms with Crippen LogP contribution < -0.4 is 4.57 Å². The Kier molecular flexibility index (Phi) is 3.88. The van der Waals surface area contributed by atoms with E-state index in [2.05, 4.69) is 22.6 Å². The summed E-state index contributed by atoms with van der Waals surface area (Å²) >= 11 is 2.21. The Morgan fingerprint density at radius 3 is 2.52 bits per heavy atom. The molecule has 0 bridgehead atoms. The number of phenols is 1.